The minimum atomic E-state index is -4.34. The van der Waals surface area contributed by atoms with Gasteiger partial charge in [0.05, 0.1) is 17.8 Å². The molecule has 1 amide bonds. The first-order valence-corrected chi connectivity index (χ1v) is 12.1. The SMILES string of the molecule is CCCCCCCCCCCCNC(=O)c1ccc(C[N]c2ccc(C(F)(F)F)cc2)cc1. The molecule has 0 fully saturated rings. The molecule has 0 bridgehead atoms. The van der Waals surface area contributed by atoms with Crippen molar-refractivity contribution in [2.75, 3.05) is 6.54 Å². The van der Waals surface area contributed by atoms with Gasteiger partial charge in [-0.2, -0.15) is 13.2 Å². The van der Waals surface area contributed by atoms with E-state index in [0.717, 1.165) is 30.5 Å². The van der Waals surface area contributed by atoms with Gasteiger partial charge in [0, 0.05) is 12.1 Å². The van der Waals surface area contributed by atoms with Crippen LogP contribution in [0.2, 0.25) is 0 Å². The molecule has 0 unspecified atom stereocenters. The Balaban J connectivity index is 1.59. The Morgan fingerprint density at radius 2 is 1.33 bits per heavy atom. The van der Waals surface area contributed by atoms with Crippen molar-refractivity contribution < 1.29 is 18.0 Å². The third-order valence-electron chi connectivity index (χ3n) is 5.67. The van der Waals surface area contributed by atoms with E-state index in [9.17, 15) is 18.0 Å². The lowest BCUT2D eigenvalue weighted by atomic mass is 10.1. The van der Waals surface area contributed by atoms with E-state index in [1.807, 2.05) is 12.1 Å². The van der Waals surface area contributed by atoms with Crippen molar-refractivity contribution in [2.45, 2.75) is 83.9 Å². The molecule has 1 radical (unpaired) electrons. The fourth-order valence-electron chi connectivity index (χ4n) is 3.62. The number of unbranched alkanes of at least 4 members (excludes halogenated alkanes) is 9. The van der Waals surface area contributed by atoms with E-state index in [0.29, 0.717) is 24.3 Å². The summed E-state index contributed by atoms with van der Waals surface area (Å²) in [5.74, 6) is -0.0860. The topological polar surface area (TPSA) is 43.2 Å². The van der Waals surface area contributed by atoms with Gasteiger partial charge in [-0.1, -0.05) is 76.8 Å². The van der Waals surface area contributed by atoms with Gasteiger partial charge < -0.3 is 5.32 Å². The number of carbonyl (C=O) groups excluding carboxylic acids is 1. The van der Waals surface area contributed by atoms with Gasteiger partial charge in [-0.25, -0.2) is 0 Å². The number of carbonyl (C=O) groups is 1. The molecule has 33 heavy (non-hydrogen) atoms. The number of nitrogens with one attached hydrogen (secondary N) is 1. The Kier molecular flexibility index (Phi) is 11.8. The molecule has 0 atom stereocenters. The number of alkyl halides is 3. The molecular formula is C27H36F3N2O. The van der Waals surface area contributed by atoms with Crippen LogP contribution in [0.4, 0.5) is 18.9 Å². The van der Waals surface area contributed by atoms with E-state index in [1.165, 1.54) is 63.5 Å². The van der Waals surface area contributed by atoms with Crippen LogP contribution in [0.1, 0.15) is 92.6 Å². The second-order valence-corrected chi connectivity index (χ2v) is 8.50. The first-order valence-electron chi connectivity index (χ1n) is 12.1. The molecular weight excluding hydrogens is 425 g/mol. The molecule has 2 rings (SSSR count). The molecule has 0 aliphatic rings. The fraction of sp³-hybridized carbons (Fsp3) is 0.519. The summed E-state index contributed by atoms with van der Waals surface area (Å²) >= 11 is 0. The smallest absolute Gasteiger partial charge is 0.352 e. The van der Waals surface area contributed by atoms with Crippen molar-refractivity contribution in [1.29, 1.82) is 0 Å². The zero-order valence-corrected chi connectivity index (χ0v) is 19.6. The van der Waals surface area contributed by atoms with Crippen molar-refractivity contribution in [3.05, 3.63) is 65.2 Å². The van der Waals surface area contributed by atoms with Gasteiger partial charge in [-0.05, 0) is 48.4 Å². The van der Waals surface area contributed by atoms with Crippen LogP contribution in [0.5, 0.6) is 0 Å². The summed E-state index contributed by atoms with van der Waals surface area (Å²) < 4.78 is 37.8. The Bertz CT molecular complexity index is 802. The minimum Gasteiger partial charge on any atom is -0.352 e. The summed E-state index contributed by atoms with van der Waals surface area (Å²) in [5, 5.41) is 7.28. The largest absolute Gasteiger partial charge is 0.416 e. The standard InChI is InChI=1S/C27H36F3N2O/c1-2-3-4-5-6-7-8-9-10-11-20-31-26(33)23-14-12-22(13-15-23)21-32-25-18-16-24(17-19-25)27(28,29)30/h12-19H,2-11,20-21H2,1H3,(H,31,33). The maximum absolute atomic E-state index is 12.6. The second-order valence-electron chi connectivity index (χ2n) is 8.50. The number of benzene rings is 2. The van der Waals surface area contributed by atoms with Crippen molar-refractivity contribution >= 4 is 11.6 Å². The molecule has 6 heteroatoms. The lowest BCUT2D eigenvalue weighted by Crippen LogP contribution is -2.24. The van der Waals surface area contributed by atoms with Crippen LogP contribution >= 0.6 is 0 Å². The third kappa shape index (κ3) is 10.8. The highest BCUT2D eigenvalue weighted by atomic mass is 19.4. The third-order valence-corrected chi connectivity index (χ3v) is 5.67. The van der Waals surface area contributed by atoms with Gasteiger partial charge in [-0.15, -0.1) is 0 Å². The average molecular weight is 462 g/mol. The van der Waals surface area contributed by atoms with Gasteiger partial charge in [0.1, 0.15) is 0 Å². The first kappa shape index (κ1) is 26.7. The van der Waals surface area contributed by atoms with E-state index >= 15 is 0 Å². The highest BCUT2D eigenvalue weighted by Crippen LogP contribution is 2.29. The predicted molar refractivity (Wildman–Crippen MR) is 128 cm³/mol. The maximum atomic E-state index is 12.6. The summed E-state index contributed by atoms with van der Waals surface area (Å²) in [4.78, 5) is 12.3. The van der Waals surface area contributed by atoms with Crippen LogP contribution in [-0.4, -0.2) is 12.5 Å². The van der Waals surface area contributed by atoms with Gasteiger partial charge in [0.15, 0.2) is 0 Å². The van der Waals surface area contributed by atoms with E-state index in [2.05, 4.69) is 17.6 Å². The molecule has 0 saturated carbocycles. The predicted octanol–water partition coefficient (Wildman–Crippen LogP) is 7.79. The molecule has 0 saturated heterocycles. The average Bonchev–Trinajstić information content (AvgIpc) is 2.81. The maximum Gasteiger partial charge on any atom is 0.416 e. The number of halogens is 3. The van der Waals surface area contributed by atoms with E-state index in [-0.39, 0.29) is 5.91 Å². The Morgan fingerprint density at radius 1 is 0.788 bits per heavy atom. The number of amides is 1. The molecule has 1 N–H and O–H groups in total. The quantitative estimate of drug-likeness (QED) is 0.270. The molecule has 181 valence electrons. The molecule has 0 aliphatic carbocycles. The lowest BCUT2D eigenvalue weighted by molar-refractivity contribution is -0.137. The van der Waals surface area contributed by atoms with Crippen molar-refractivity contribution in [3.8, 4) is 0 Å². The summed E-state index contributed by atoms with van der Waals surface area (Å²) in [5.41, 5.74) is 1.29. The highest BCUT2D eigenvalue weighted by Gasteiger charge is 2.29. The molecule has 0 heterocycles. The van der Waals surface area contributed by atoms with Gasteiger partial charge in [-0.3, -0.25) is 10.1 Å². The van der Waals surface area contributed by atoms with E-state index in [4.69, 9.17) is 0 Å². The Labute approximate surface area is 196 Å². The number of hydrogen-bond acceptors (Lipinski definition) is 1. The number of nitrogens with zero attached hydrogens (tertiary/aromatic N) is 1. The Morgan fingerprint density at radius 3 is 1.88 bits per heavy atom. The number of hydrogen-bond donors (Lipinski definition) is 1. The van der Waals surface area contributed by atoms with Gasteiger partial charge >= 0.3 is 6.18 Å². The lowest BCUT2D eigenvalue weighted by Gasteiger charge is -2.09. The number of rotatable bonds is 15. The van der Waals surface area contributed by atoms with Crippen LogP contribution in [0, 0.1) is 0 Å². The monoisotopic (exact) mass is 461 g/mol. The molecule has 2 aromatic rings. The Hall–Kier alpha value is -2.50. The molecule has 0 spiro atoms. The summed E-state index contributed by atoms with van der Waals surface area (Å²) in [6.07, 6.45) is 8.28. The zero-order chi connectivity index (χ0) is 23.9. The molecule has 0 aromatic heterocycles. The van der Waals surface area contributed by atoms with Gasteiger partial charge in [0.2, 0.25) is 0 Å². The summed E-state index contributed by atoms with van der Waals surface area (Å²) in [6, 6.07) is 11.9. The summed E-state index contributed by atoms with van der Waals surface area (Å²) in [6.45, 7) is 3.26. The molecule has 0 aliphatic heterocycles. The van der Waals surface area contributed by atoms with Gasteiger partial charge in [0.25, 0.3) is 5.91 Å². The van der Waals surface area contributed by atoms with Crippen LogP contribution in [0.25, 0.3) is 0 Å². The highest BCUT2D eigenvalue weighted by molar-refractivity contribution is 5.94. The van der Waals surface area contributed by atoms with Crippen LogP contribution in [-0.2, 0) is 12.7 Å². The van der Waals surface area contributed by atoms with E-state index < -0.39 is 11.7 Å². The van der Waals surface area contributed by atoms with Crippen LogP contribution in [0.15, 0.2) is 48.5 Å². The zero-order valence-electron chi connectivity index (χ0n) is 19.6. The normalized spacial score (nSPS) is 11.4. The van der Waals surface area contributed by atoms with Crippen molar-refractivity contribution in [1.82, 2.24) is 10.6 Å². The summed E-state index contributed by atoms with van der Waals surface area (Å²) in [7, 11) is 0. The van der Waals surface area contributed by atoms with Crippen molar-refractivity contribution in [2.24, 2.45) is 0 Å². The second kappa shape index (κ2) is 14.6. The molecule has 2 aromatic carbocycles. The van der Waals surface area contributed by atoms with Crippen molar-refractivity contribution in [3.63, 3.8) is 0 Å². The molecule has 3 nitrogen and oxygen atoms in total. The van der Waals surface area contributed by atoms with Crippen LogP contribution < -0.4 is 10.6 Å². The first-order chi connectivity index (χ1) is 15.9. The minimum absolute atomic E-state index is 0.0860. The fourth-order valence-corrected chi connectivity index (χ4v) is 3.62. The van der Waals surface area contributed by atoms with E-state index in [1.54, 1.807) is 12.1 Å². The van der Waals surface area contributed by atoms with Crippen LogP contribution in [0.3, 0.4) is 0 Å².